The monoisotopic (exact) mass is 350 g/mol. The average Bonchev–Trinajstić information content (AvgIpc) is 3.03. The van der Waals surface area contributed by atoms with Gasteiger partial charge in [0.1, 0.15) is 5.58 Å². The lowest BCUT2D eigenvalue weighted by molar-refractivity contribution is 0.410. The quantitative estimate of drug-likeness (QED) is 0.429. The number of rotatable bonds is 2. The Hall–Kier alpha value is -2.68. The summed E-state index contributed by atoms with van der Waals surface area (Å²) in [7, 11) is 0. The number of aromatic nitrogens is 2. The molecule has 3 heterocycles. The number of para-hydroxylation sites is 1. The number of furan rings is 1. The second-order valence-electron chi connectivity index (χ2n) is 7.80. The van der Waals surface area contributed by atoms with Crippen LogP contribution >= 0.6 is 0 Å². The van der Waals surface area contributed by atoms with E-state index in [1.165, 1.54) is 6.07 Å². The summed E-state index contributed by atoms with van der Waals surface area (Å²) in [5, 5.41) is 1.45. The fraction of sp³-hybridized carbons (Fsp3) is 0.304. The van der Waals surface area contributed by atoms with Gasteiger partial charge in [-0.05, 0) is 60.9 Å². The minimum Gasteiger partial charge on any atom is -0.437 e. The third-order valence-corrected chi connectivity index (χ3v) is 4.35. The smallest absolute Gasteiger partial charge is 0.227 e. The zero-order valence-corrected chi connectivity index (χ0v) is 15.1. The van der Waals surface area contributed by atoms with Gasteiger partial charge < -0.3 is 4.42 Å². The van der Waals surface area contributed by atoms with E-state index in [-0.39, 0.29) is 22.4 Å². The zero-order chi connectivity index (χ0) is 23.5. The molecule has 4 aromatic rings. The number of pyridine rings is 2. The largest absolute Gasteiger partial charge is 0.437 e. The first kappa shape index (κ1) is 11.1. The molecular formula is C23H24N2O. The van der Waals surface area contributed by atoms with E-state index in [4.69, 9.17) is 12.6 Å². The molecule has 0 saturated carbocycles. The summed E-state index contributed by atoms with van der Waals surface area (Å²) >= 11 is 0. The fourth-order valence-electron chi connectivity index (χ4n) is 3.22. The molecule has 0 aliphatic rings. The highest BCUT2D eigenvalue weighted by molar-refractivity contribution is 6.08. The van der Waals surface area contributed by atoms with E-state index in [9.17, 15) is 0 Å². The highest BCUT2D eigenvalue weighted by atomic mass is 16.3. The number of aryl methyl sites for hydroxylation is 2. The molecule has 0 aliphatic carbocycles. The second-order valence-corrected chi connectivity index (χ2v) is 7.80. The van der Waals surface area contributed by atoms with Crippen molar-refractivity contribution in [1.29, 1.82) is 0 Å². The van der Waals surface area contributed by atoms with Crippen LogP contribution in [0.25, 0.3) is 33.3 Å². The Kier molecular flexibility index (Phi) is 2.54. The molecule has 1 aromatic carbocycles. The van der Waals surface area contributed by atoms with Gasteiger partial charge in [-0.15, -0.1) is 0 Å². The van der Waals surface area contributed by atoms with Crippen molar-refractivity contribution < 1.29 is 12.6 Å². The van der Waals surface area contributed by atoms with Crippen molar-refractivity contribution >= 4 is 22.1 Å². The van der Waals surface area contributed by atoms with Crippen LogP contribution in [0.4, 0.5) is 0 Å². The van der Waals surface area contributed by atoms with Crippen molar-refractivity contribution in [2.45, 2.75) is 40.9 Å². The molecule has 0 fully saturated rings. The third-order valence-electron chi connectivity index (χ3n) is 4.35. The second kappa shape index (κ2) is 5.94. The molecule has 3 heteroatoms. The summed E-state index contributed by atoms with van der Waals surface area (Å²) in [6.45, 7) is 1.55. The molecule has 132 valence electrons. The number of hydrogen-bond acceptors (Lipinski definition) is 3. The van der Waals surface area contributed by atoms with Gasteiger partial charge in [-0.3, -0.25) is 4.98 Å². The minimum atomic E-state index is -2.34. The van der Waals surface area contributed by atoms with Gasteiger partial charge in [0.2, 0.25) is 5.71 Å². The molecule has 0 amide bonds. The van der Waals surface area contributed by atoms with E-state index in [0.29, 0.717) is 34.2 Å². The van der Waals surface area contributed by atoms with Gasteiger partial charge in [-0.1, -0.05) is 32.9 Å². The fourth-order valence-corrected chi connectivity index (χ4v) is 3.22. The molecule has 0 saturated heterocycles. The molecule has 0 spiro atoms. The summed E-state index contributed by atoms with van der Waals surface area (Å²) < 4.78 is 52.8. The van der Waals surface area contributed by atoms with E-state index in [1.54, 1.807) is 18.3 Å². The maximum Gasteiger partial charge on any atom is 0.227 e. The van der Waals surface area contributed by atoms with Gasteiger partial charge in [0.15, 0.2) is 0 Å². The predicted molar refractivity (Wildman–Crippen MR) is 107 cm³/mol. The molecule has 0 bridgehead atoms. The molecule has 0 unspecified atom stereocenters. The van der Waals surface area contributed by atoms with E-state index in [0.717, 1.165) is 5.39 Å². The van der Waals surface area contributed by atoms with Crippen molar-refractivity contribution in [2.24, 2.45) is 5.41 Å². The van der Waals surface area contributed by atoms with Crippen LogP contribution in [0, 0.1) is 19.1 Å². The van der Waals surface area contributed by atoms with Crippen molar-refractivity contribution in [3.8, 4) is 11.3 Å². The number of benzene rings is 1. The summed E-state index contributed by atoms with van der Waals surface area (Å²) in [4.78, 5) is 8.75. The summed E-state index contributed by atoms with van der Waals surface area (Å²) in [6.07, 6.45) is 2.22. The lowest BCUT2D eigenvalue weighted by atomic mass is 9.87. The van der Waals surface area contributed by atoms with Crippen molar-refractivity contribution in [2.75, 3.05) is 0 Å². The van der Waals surface area contributed by atoms with Crippen LogP contribution in [-0.2, 0) is 6.42 Å². The standard InChI is InChI=1S/C23H24N2O/c1-14-11-20(24-13-16(14)12-23(3,4)5)19-8-6-7-17-18-10-9-15(2)25-22(18)26-21(17)19/h6-11,13H,12H2,1-5H3/i1D3,2D3. The van der Waals surface area contributed by atoms with E-state index >= 15 is 0 Å². The van der Waals surface area contributed by atoms with E-state index < -0.39 is 13.7 Å². The van der Waals surface area contributed by atoms with Gasteiger partial charge in [-0.2, -0.15) is 0 Å². The predicted octanol–water partition coefficient (Wildman–Crippen LogP) is 6.25. The van der Waals surface area contributed by atoms with Crippen LogP contribution in [0.3, 0.4) is 0 Å². The van der Waals surface area contributed by atoms with Gasteiger partial charge in [0, 0.05) is 36.5 Å². The van der Waals surface area contributed by atoms with Crippen LogP contribution in [0.15, 0.2) is 47.0 Å². The molecule has 0 radical (unpaired) electrons. The van der Waals surface area contributed by atoms with E-state index in [2.05, 4.69) is 30.7 Å². The molecule has 0 atom stereocenters. The Morgan fingerprint density at radius 2 is 1.96 bits per heavy atom. The topological polar surface area (TPSA) is 38.9 Å². The Bertz CT molecular complexity index is 1310. The molecule has 4 rings (SSSR count). The highest BCUT2D eigenvalue weighted by Crippen LogP contribution is 2.35. The lowest BCUT2D eigenvalue weighted by Gasteiger charge is -2.19. The first-order valence-corrected chi connectivity index (χ1v) is 8.57. The van der Waals surface area contributed by atoms with Gasteiger partial charge in [0.05, 0.1) is 5.69 Å². The van der Waals surface area contributed by atoms with Crippen molar-refractivity contribution in [1.82, 2.24) is 9.97 Å². The van der Waals surface area contributed by atoms with Crippen LogP contribution < -0.4 is 0 Å². The minimum absolute atomic E-state index is 0.0417. The summed E-state index contributed by atoms with van der Waals surface area (Å²) in [6, 6.07) is 10.3. The average molecular weight is 350 g/mol. The molecular weight excluding hydrogens is 320 g/mol. The Morgan fingerprint density at radius 1 is 1.08 bits per heavy atom. The zero-order valence-electron chi connectivity index (χ0n) is 21.1. The number of fused-ring (bicyclic) bond motifs is 3. The maximum atomic E-state index is 8.03. The SMILES string of the molecule is [2H]C([2H])([2H])c1ccc2c(n1)oc1c(-c3cc(C([2H])([2H])[2H])c(CC(C)(C)C)cn3)cccc12. The summed E-state index contributed by atoms with van der Waals surface area (Å²) in [5.74, 6) is 0. The van der Waals surface area contributed by atoms with Crippen LogP contribution in [0.5, 0.6) is 0 Å². The van der Waals surface area contributed by atoms with Crippen molar-refractivity contribution in [3.63, 3.8) is 0 Å². The molecule has 0 N–H and O–H groups in total. The van der Waals surface area contributed by atoms with E-state index in [1.807, 2.05) is 18.2 Å². The van der Waals surface area contributed by atoms with Gasteiger partial charge in [0.25, 0.3) is 0 Å². The first-order valence-electron chi connectivity index (χ1n) is 11.6. The molecule has 3 nitrogen and oxygen atoms in total. The first-order chi connectivity index (χ1) is 14.7. The number of hydrogen-bond donors (Lipinski definition) is 0. The molecule has 3 aromatic heterocycles. The maximum absolute atomic E-state index is 8.03. The van der Waals surface area contributed by atoms with Crippen LogP contribution in [0.2, 0.25) is 0 Å². The summed E-state index contributed by atoms with van der Waals surface area (Å²) in [5.41, 5.74) is 2.66. The number of nitrogens with zero attached hydrogens (tertiary/aromatic N) is 2. The Labute approximate surface area is 162 Å². The molecule has 0 aliphatic heterocycles. The lowest BCUT2D eigenvalue weighted by Crippen LogP contribution is -2.10. The van der Waals surface area contributed by atoms with Gasteiger partial charge in [-0.25, -0.2) is 4.98 Å². The highest BCUT2D eigenvalue weighted by Gasteiger charge is 2.16. The Morgan fingerprint density at radius 3 is 2.73 bits per heavy atom. The normalized spacial score (nSPS) is 16.6. The third kappa shape index (κ3) is 2.98. The van der Waals surface area contributed by atoms with Crippen molar-refractivity contribution in [3.05, 3.63) is 59.4 Å². The van der Waals surface area contributed by atoms with Gasteiger partial charge >= 0.3 is 0 Å². The van der Waals surface area contributed by atoms with Crippen LogP contribution in [-0.4, -0.2) is 9.97 Å². The molecule has 26 heavy (non-hydrogen) atoms. The Balaban J connectivity index is 1.91. The van der Waals surface area contributed by atoms with Crippen LogP contribution in [0.1, 0.15) is 45.8 Å².